The van der Waals surface area contributed by atoms with Crippen molar-refractivity contribution in [2.24, 2.45) is 18.0 Å². The highest BCUT2D eigenvalue weighted by atomic mass is 32.1. The third-order valence-electron chi connectivity index (χ3n) is 6.02. The summed E-state index contributed by atoms with van der Waals surface area (Å²) in [6.45, 7) is 1.56. The summed E-state index contributed by atoms with van der Waals surface area (Å²) in [5, 5.41) is 15.0. The molecule has 29 heavy (non-hydrogen) atoms. The van der Waals surface area contributed by atoms with Crippen LogP contribution in [0.25, 0.3) is 10.6 Å². The summed E-state index contributed by atoms with van der Waals surface area (Å²) < 4.78 is 1.87. The van der Waals surface area contributed by atoms with Gasteiger partial charge < -0.3 is 10.0 Å². The van der Waals surface area contributed by atoms with E-state index in [4.69, 9.17) is 4.99 Å². The number of hydrogen-bond acceptors (Lipinski definition) is 5. The maximum Gasteiger partial charge on any atom is 0.253 e. The quantitative estimate of drug-likeness (QED) is 0.835. The Hall–Kier alpha value is -1.99. The standard InChI is InChI=1S/C22H30N4O2S/c1-25-22(23-19-7-3-2-4-8-19)29-20(24-25)17-9-11-18(12-10-17)21(28)26-13-5-6-16(14-26)15-27/h9-12,16,19,27H,2-8,13-15H2,1H3. The Balaban J connectivity index is 1.48. The number of piperidine rings is 1. The lowest BCUT2D eigenvalue weighted by Crippen LogP contribution is -2.40. The molecule has 1 amide bonds. The topological polar surface area (TPSA) is 70.7 Å². The fourth-order valence-corrected chi connectivity index (χ4v) is 5.25. The molecule has 0 radical (unpaired) electrons. The largest absolute Gasteiger partial charge is 0.396 e. The van der Waals surface area contributed by atoms with Gasteiger partial charge in [0.15, 0.2) is 0 Å². The number of amides is 1. The maximum atomic E-state index is 12.8. The van der Waals surface area contributed by atoms with E-state index in [-0.39, 0.29) is 18.4 Å². The van der Waals surface area contributed by atoms with E-state index >= 15 is 0 Å². The van der Waals surface area contributed by atoms with E-state index in [0.29, 0.717) is 18.2 Å². The first-order valence-electron chi connectivity index (χ1n) is 10.7. The summed E-state index contributed by atoms with van der Waals surface area (Å²) in [5.74, 6) is 0.251. The fraction of sp³-hybridized carbons (Fsp3) is 0.591. The van der Waals surface area contributed by atoms with Crippen LogP contribution in [0.2, 0.25) is 0 Å². The van der Waals surface area contributed by atoms with Gasteiger partial charge in [-0.3, -0.25) is 9.79 Å². The summed E-state index contributed by atoms with van der Waals surface area (Å²) in [7, 11) is 1.95. The average Bonchev–Trinajstić information content (AvgIpc) is 3.14. The molecule has 1 aliphatic heterocycles. The van der Waals surface area contributed by atoms with E-state index in [1.807, 2.05) is 40.9 Å². The van der Waals surface area contributed by atoms with E-state index < -0.39 is 0 Å². The summed E-state index contributed by atoms with van der Waals surface area (Å²) in [4.78, 5) is 20.6. The Labute approximate surface area is 175 Å². The molecule has 0 bridgehead atoms. The molecule has 1 aromatic carbocycles. The predicted molar refractivity (Wildman–Crippen MR) is 115 cm³/mol. The minimum atomic E-state index is 0.0485. The molecule has 1 aromatic heterocycles. The molecular weight excluding hydrogens is 384 g/mol. The molecule has 1 unspecified atom stereocenters. The van der Waals surface area contributed by atoms with E-state index in [2.05, 4.69) is 5.10 Å². The van der Waals surface area contributed by atoms with Crippen LogP contribution in [0.3, 0.4) is 0 Å². The summed E-state index contributed by atoms with van der Waals surface area (Å²) in [6.07, 6.45) is 8.18. The number of aromatic nitrogens is 2. The van der Waals surface area contributed by atoms with Crippen molar-refractivity contribution >= 4 is 17.2 Å². The second kappa shape index (κ2) is 9.22. The van der Waals surface area contributed by atoms with Crippen molar-refractivity contribution in [2.75, 3.05) is 19.7 Å². The van der Waals surface area contributed by atoms with Crippen molar-refractivity contribution in [1.82, 2.24) is 14.7 Å². The summed E-state index contributed by atoms with van der Waals surface area (Å²) in [6, 6.07) is 8.16. The van der Waals surface area contributed by atoms with E-state index in [9.17, 15) is 9.90 Å². The third kappa shape index (κ3) is 4.78. The first-order chi connectivity index (χ1) is 14.1. The van der Waals surface area contributed by atoms with Gasteiger partial charge in [-0.1, -0.05) is 42.7 Å². The van der Waals surface area contributed by atoms with E-state index in [0.717, 1.165) is 34.8 Å². The number of carbonyl (C=O) groups is 1. The molecule has 2 heterocycles. The Morgan fingerprint density at radius 2 is 1.93 bits per heavy atom. The van der Waals surface area contributed by atoms with Gasteiger partial charge in [0.05, 0.1) is 6.04 Å². The number of benzene rings is 1. The molecule has 6 nitrogen and oxygen atoms in total. The molecule has 156 valence electrons. The van der Waals surface area contributed by atoms with E-state index in [1.165, 1.54) is 32.1 Å². The van der Waals surface area contributed by atoms with Gasteiger partial charge >= 0.3 is 0 Å². The number of aryl methyl sites for hydroxylation is 1. The van der Waals surface area contributed by atoms with E-state index in [1.54, 1.807) is 11.3 Å². The van der Waals surface area contributed by atoms with Crippen LogP contribution in [-0.2, 0) is 7.05 Å². The highest BCUT2D eigenvalue weighted by Crippen LogP contribution is 2.23. The first-order valence-corrected chi connectivity index (χ1v) is 11.5. The Bertz CT molecular complexity index is 896. The Morgan fingerprint density at radius 3 is 2.66 bits per heavy atom. The lowest BCUT2D eigenvalue weighted by Gasteiger charge is -2.31. The number of aliphatic hydroxyl groups is 1. The van der Waals surface area contributed by atoms with Crippen molar-refractivity contribution in [3.05, 3.63) is 34.6 Å². The first kappa shape index (κ1) is 20.3. The van der Waals surface area contributed by atoms with Crippen LogP contribution in [0.5, 0.6) is 0 Å². The van der Waals surface area contributed by atoms with Gasteiger partial charge in [-0.15, -0.1) is 0 Å². The van der Waals surface area contributed by atoms with Gasteiger partial charge in [-0.05, 0) is 43.7 Å². The molecule has 1 saturated heterocycles. The molecule has 1 aliphatic carbocycles. The third-order valence-corrected chi connectivity index (χ3v) is 7.08. The zero-order valence-corrected chi connectivity index (χ0v) is 17.9. The van der Waals surface area contributed by atoms with Gasteiger partial charge in [-0.25, -0.2) is 4.68 Å². The molecule has 1 N–H and O–H groups in total. The van der Waals surface area contributed by atoms with Crippen LogP contribution in [-0.4, -0.2) is 51.4 Å². The molecule has 1 atom stereocenters. The molecule has 4 rings (SSSR count). The number of hydrogen-bond donors (Lipinski definition) is 1. The van der Waals surface area contributed by atoms with Gasteiger partial charge in [0.1, 0.15) is 5.01 Å². The minimum Gasteiger partial charge on any atom is -0.396 e. The van der Waals surface area contributed by atoms with Crippen molar-refractivity contribution < 1.29 is 9.90 Å². The summed E-state index contributed by atoms with van der Waals surface area (Å²) in [5.41, 5.74) is 1.71. The molecule has 2 fully saturated rings. The Kier molecular flexibility index (Phi) is 6.45. The zero-order valence-electron chi connectivity index (χ0n) is 17.1. The van der Waals surface area contributed by atoms with Crippen LogP contribution in [0, 0.1) is 5.92 Å². The van der Waals surface area contributed by atoms with Crippen LogP contribution >= 0.6 is 11.3 Å². The molecule has 2 aliphatic rings. The van der Waals surface area contributed by atoms with Crippen molar-refractivity contribution in [2.45, 2.75) is 51.0 Å². The highest BCUT2D eigenvalue weighted by Gasteiger charge is 2.24. The van der Waals surface area contributed by atoms with Crippen LogP contribution in [0.4, 0.5) is 0 Å². The number of rotatable bonds is 4. The van der Waals surface area contributed by atoms with Gasteiger partial charge in [0.25, 0.3) is 5.91 Å². The van der Waals surface area contributed by atoms with Crippen molar-refractivity contribution in [3.8, 4) is 10.6 Å². The number of nitrogens with zero attached hydrogens (tertiary/aromatic N) is 4. The lowest BCUT2D eigenvalue weighted by atomic mass is 9.96. The monoisotopic (exact) mass is 414 g/mol. The van der Waals surface area contributed by atoms with Crippen molar-refractivity contribution in [1.29, 1.82) is 0 Å². The van der Waals surface area contributed by atoms with Gasteiger partial charge in [0.2, 0.25) is 4.80 Å². The number of likely N-dealkylation sites (tertiary alicyclic amines) is 1. The number of aliphatic hydroxyl groups excluding tert-OH is 1. The molecule has 2 aromatic rings. The predicted octanol–water partition coefficient (Wildman–Crippen LogP) is 3.23. The Morgan fingerprint density at radius 1 is 1.17 bits per heavy atom. The second-order valence-electron chi connectivity index (χ2n) is 8.25. The van der Waals surface area contributed by atoms with Crippen LogP contribution in [0.1, 0.15) is 55.3 Å². The van der Waals surface area contributed by atoms with Crippen LogP contribution in [0.15, 0.2) is 29.3 Å². The number of carbonyl (C=O) groups excluding carboxylic acids is 1. The van der Waals surface area contributed by atoms with Crippen LogP contribution < -0.4 is 4.80 Å². The lowest BCUT2D eigenvalue weighted by molar-refractivity contribution is 0.0620. The maximum absolute atomic E-state index is 12.8. The zero-order chi connectivity index (χ0) is 20.2. The molecule has 0 spiro atoms. The summed E-state index contributed by atoms with van der Waals surface area (Å²) >= 11 is 1.61. The molecule has 1 saturated carbocycles. The van der Waals surface area contributed by atoms with Gasteiger partial charge in [0, 0.05) is 37.9 Å². The fourth-order valence-electron chi connectivity index (χ4n) is 4.28. The highest BCUT2D eigenvalue weighted by molar-refractivity contribution is 7.12. The SMILES string of the molecule is Cn1nc(-c2ccc(C(=O)N3CCCC(CO)C3)cc2)sc1=NC1CCCCC1. The van der Waals surface area contributed by atoms with Crippen molar-refractivity contribution in [3.63, 3.8) is 0 Å². The second-order valence-corrected chi connectivity index (χ2v) is 9.21. The average molecular weight is 415 g/mol. The minimum absolute atomic E-state index is 0.0485. The molecule has 7 heteroatoms. The van der Waals surface area contributed by atoms with Gasteiger partial charge in [-0.2, -0.15) is 5.10 Å². The smallest absolute Gasteiger partial charge is 0.253 e. The molecular formula is C22H30N4O2S. The normalized spacial score (nSPS) is 21.5.